The van der Waals surface area contributed by atoms with Crippen molar-refractivity contribution < 1.29 is 5.11 Å². The van der Waals surface area contributed by atoms with Gasteiger partial charge in [0.2, 0.25) is 5.88 Å². The van der Waals surface area contributed by atoms with Crippen LogP contribution < -0.4 is 0 Å². The highest BCUT2D eigenvalue weighted by Gasteiger charge is 2.12. The van der Waals surface area contributed by atoms with Gasteiger partial charge in [0.25, 0.3) is 0 Å². The SMILES string of the molecule is Cc1nc2cnc3ccc(-c4cnn(C)c4)cc3n2c1O. The summed E-state index contributed by atoms with van der Waals surface area (Å²) in [6.07, 6.45) is 5.43. The third kappa shape index (κ3) is 1.69. The summed E-state index contributed by atoms with van der Waals surface area (Å²) in [5.74, 6) is 0.153. The van der Waals surface area contributed by atoms with E-state index in [1.807, 2.05) is 37.6 Å². The van der Waals surface area contributed by atoms with E-state index in [1.165, 1.54) is 0 Å². The maximum absolute atomic E-state index is 10.2. The number of hydrogen-bond acceptors (Lipinski definition) is 4. The fourth-order valence-corrected chi connectivity index (χ4v) is 2.56. The van der Waals surface area contributed by atoms with Crippen molar-refractivity contribution in [2.45, 2.75) is 6.92 Å². The van der Waals surface area contributed by atoms with E-state index < -0.39 is 0 Å². The number of fused-ring (bicyclic) bond motifs is 3. The van der Waals surface area contributed by atoms with E-state index in [1.54, 1.807) is 22.2 Å². The lowest BCUT2D eigenvalue weighted by atomic mass is 10.1. The highest BCUT2D eigenvalue weighted by molar-refractivity contribution is 5.84. The molecule has 0 aliphatic carbocycles. The van der Waals surface area contributed by atoms with Crippen molar-refractivity contribution in [3.8, 4) is 17.0 Å². The van der Waals surface area contributed by atoms with Crippen LogP contribution in [0.5, 0.6) is 5.88 Å². The Morgan fingerprint density at radius 2 is 2.00 bits per heavy atom. The minimum absolute atomic E-state index is 0.153. The monoisotopic (exact) mass is 279 g/mol. The van der Waals surface area contributed by atoms with Crippen LogP contribution >= 0.6 is 0 Å². The van der Waals surface area contributed by atoms with Crippen molar-refractivity contribution in [1.82, 2.24) is 24.1 Å². The lowest BCUT2D eigenvalue weighted by Gasteiger charge is -2.05. The number of hydrogen-bond donors (Lipinski definition) is 1. The third-order valence-electron chi connectivity index (χ3n) is 3.62. The number of rotatable bonds is 1. The van der Waals surface area contributed by atoms with Crippen LogP contribution in [0.1, 0.15) is 5.69 Å². The quantitative estimate of drug-likeness (QED) is 0.580. The lowest BCUT2D eigenvalue weighted by Crippen LogP contribution is -1.91. The van der Waals surface area contributed by atoms with Crippen molar-refractivity contribution in [2.24, 2.45) is 7.05 Å². The molecule has 4 aromatic rings. The van der Waals surface area contributed by atoms with Crippen molar-refractivity contribution in [2.75, 3.05) is 0 Å². The number of aromatic hydroxyl groups is 1. The predicted octanol–water partition coefficient (Wildman–Crippen LogP) is 2.30. The first-order chi connectivity index (χ1) is 10.1. The van der Waals surface area contributed by atoms with E-state index in [0.29, 0.717) is 11.3 Å². The lowest BCUT2D eigenvalue weighted by molar-refractivity contribution is 0.446. The summed E-state index contributed by atoms with van der Waals surface area (Å²) in [6.45, 7) is 1.78. The van der Waals surface area contributed by atoms with Crippen LogP contribution in [-0.2, 0) is 7.05 Å². The van der Waals surface area contributed by atoms with E-state index >= 15 is 0 Å². The summed E-state index contributed by atoms with van der Waals surface area (Å²) < 4.78 is 3.48. The maximum Gasteiger partial charge on any atom is 0.219 e. The van der Waals surface area contributed by atoms with Crippen LogP contribution in [0.4, 0.5) is 0 Å². The number of aromatic nitrogens is 5. The Labute approximate surface area is 120 Å². The molecule has 0 atom stereocenters. The van der Waals surface area contributed by atoms with Crippen LogP contribution in [0.25, 0.3) is 27.8 Å². The van der Waals surface area contributed by atoms with E-state index in [2.05, 4.69) is 15.1 Å². The summed E-state index contributed by atoms with van der Waals surface area (Å²) >= 11 is 0. The molecule has 0 radical (unpaired) electrons. The molecule has 0 fully saturated rings. The Bertz CT molecular complexity index is 982. The molecule has 0 saturated heterocycles. The second kappa shape index (κ2) is 4.05. The van der Waals surface area contributed by atoms with Gasteiger partial charge in [0.15, 0.2) is 5.65 Å². The van der Waals surface area contributed by atoms with Crippen molar-refractivity contribution in [3.63, 3.8) is 0 Å². The molecule has 0 aliphatic heterocycles. The molecule has 0 bridgehead atoms. The molecule has 0 aliphatic rings. The molecule has 104 valence electrons. The topological polar surface area (TPSA) is 68.2 Å². The minimum Gasteiger partial charge on any atom is -0.493 e. The van der Waals surface area contributed by atoms with Crippen LogP contribution in [0, 0.1) is 6.92 Å². The zero-order valence-electron chi connectivity index (χ0n) is 11.6. The van der Waals surface area contributed by atoms with Gasteiger partial charge in [-0.3, -0.25) is 14.1 Å². The molecular weight excluding hydrogens is 266 g/mol. The predicted molar refractivity (Wildman–Crippen MR) is 79.1 cm³/mol. The molecule has 1 N–H and O–H groups in total. The Balaban J connectivity index is 2.07. The Kier molecular flexibility index (Phi) is 2.29. The van der Waals surface area contributed by atoms with Crippen molar-refractivity contribution in [3.05, 3.63) is 42.5 Å². The molecule has 3 aromatic heterocycles. The van der Waals surface area contributed by atoms with Gasteiger partial charge in [0.1, 0.15) is 5.69 Å². The van der Waals surface area contributed by atoms with Crippen LogP contribution in [0.2, 0.25) is 0 Å². The Morgan fingerprint density at radius 3 is 2.76 bits per heavy atom. The van der Waals surface area contributed by atoms with Gasteiger partial charge in [-0.05, 0) is 24.6 Å². The highest BCUT2D eigenvalue weighted by atomic mass is 16.3. The van der Waals surface area contributed by atoms with E-state index in [0.717, 1.165) is 22.2 Å². The normalized spacial score (nSPS) is 11.5. The first kappa shape index (κ1) is 11.9. The second-order valence-electron chi connectivity index (χ2n) is 5.08. The Hall–Kier alpha value is -2.89. The van der Waals surface area contributed by atoms with Gasteiger partial charge in [-0.1, -0.05) is 6.07 Å². The first-order valence-electron chi connectivity index (χ1n) is 6.59. The molecule has 0 saturated carbocycles. The molecule has 3 heterocycles. The van der Waals surface area contributed by atoms with Crippen molar-refractivity contribution in [1.29, 1.82) is 0 Å². The van der Waals surface area contributed by atoms with Gasteiger partial charge in [-0.2, -0.15) is 5.10 Å². The zero-order valence-corrected chi connectivity index (χ0v) is 11.6. The third-order valence-corrected chi connectivity index (χ3v) is 3.62. The molecule has 0 amide bonds. The summed E-state index contributed by atoms with van der Waals surface area (Å²) in [6, 6.07) is 5.93. The molecule has 6 nitrogen and oxygen atoms in total. The summed E-state index contributed by atoms with van der Waals surface area (Å²) in [5, 5.41) is 14.4. The highest BCUT2D eigenvalue weighted by Crippen LogP contribution is 2.27. The standard InChI is InChI=1S/C15H13N5O/c1-9-15(21)20-13-5-10(11-6-17-19(2)8-11)3-4-12(13)16-7-14(20)18-9/h3-8,21H,1-2H3. The summed E-state index contributed by atoms with van der Waals surface area (Å²) in [4.78, 5) is 8.69. The minimum atomic E-state index is 0.153. The second-order valence-corrected chi connectivity index (χ2v) is 5.08. The molecule has 0 spiro atoms. The fraction of sp³-hybridized carbons (Fsp3) is 0.133. The summed E-state index contributed by atoms with van der Waals surface area (Å²) in [7, 11) is 1.88. The largest absolute Gasteiger partial charge is 0.493 e. The van der Waals surface area contributed by atoms with E-state index in [-0.39, 0.29) is 5.88 Å². The average molecular weight is 279 g/mol. The van der Waals surface area contributed by atoms with Crippen LogP contribution in [0.3, 0.4) is 0 Å². The van der Waals surface area contributed by atoms with Crippen LogP contribution in [-0.4, -0.2) is 29.3 Å². The average Bonchev–Trinajstić information content (AvgIpc) is 3.03. The fourth-order valence-electron chi connectivity index (χ4n) is 2.56. The maximum atomic E-state index is 10.2. The number of nitrogens with zero attached hydrogens (tertiary/aromatic N) is 5. The van der Waals surface area contributed by atoms with Gasteiger partial charge in [-0.25, -0.2) is 4.98 Å². The van der Waals surface area contributed by atoms with E-state index in [4.69, 9.17) is 0 Å². The van der Waals surface area contributed by atoms with Crippen LogP contribution in [0.15, 0.2) is 36.8 Å². The number of benzene rings is 1. The molecule has 6 heteroatoms. The number of imidazole rings is 1. The van der Waals surface area contributed by atoms with Gasteiger partial charge >= 0.3 is 0 Å². The molecule has 21 heavy (non-hydrogen) atoms. The van der Waals surface area contributed by atoms with Gasteiger partial charge in [0, 0.05) is 18.8 Å². The van der Waals surface area contributed by atoms with Gasteiger partial charge < -0.3 is 5.11 Å². The molecule has 0 unspecified atom stereocenters. The number of aryl methyl sites for hydroxylation is 2. The van der Waals surface area contributed by atoms with Crippen molar-refractivity contribution >= 4 is 16.7 Å². The van der Waals surface area contributed by atoms with E-state index in [9.17, 15) is 5.11 Å². The molecule has 1 aromatic carbocycles. The summed E-state index contributed by atoms with van der Waals surface area (Å²) in [5.41, 5.74) is 4.91. The van der Waals surface area contributed by atoms with Gasteiger partial charge in [-0.15, -0.1) is 0 Å². The first-order valence-corrected chi connectivity index (χ1v) is 6.59. The molecular formula is C15H13N5O. The van der Waals surface area contributed by atoms with Gasteiger partial charge in [0.05, 0.1) is 23.4 Å². The Morgan fingerprint density at radius 1 is 1.14 bits per heavy atom. The zero-order chi connectivity index (χ0) is 14.6. The molecule has 4 rings (SSSR count). The smallest absolute Gasteiger partial charge is 0.219 e.